The van der Waals surface area contributed by atoms with Crippen LogP contribution in [0.15, 0.2) is 57.4 Å². The molecule has 4 aromatic rings. The monoisotopic (exact) mass is 438 g/mol. The lowest BCUT2D eigenvalue weighted by atomic mass is 9.74. The summed E-state index contributed by atoms with van der Waals surface area (Å²) in [5.41, 5.74) is 6.91. The van der Waals surface area contributed by atoms with E-state index in [0.29, 0.717) is 5.92 Å². The Balaban J connectivity index is 1.96. The summed E-state index contributed by atoms with van der Waals surface area (Å²) in [6, 6.07) is 16.8. The molecule has 0 N–H and O–H groups in total. The summed E-state index contributed by atoms with van der Waals surface area (Å²) in [4.78, 5) is 0. The highest BCUT2D eigenvalue weighted by Crippen LogP contribution is 2.56. The van der Waals surface area contributed by atoms with Crippen LogP contribution in [-0.2, 0) is 5.41 Å². The maximum Gasteiger partial charge on any atom is 0.144 e. The molecule has 1 atom stereocenters. The zero-order valence-electron chi connectivity index (χ0n) is 15.6. The Kier molecular flexibility index (Phi) is 3.76. The molecule has 0 radical (unpaired) electrons. The van der Waals surface area contributed by atoms with Crippen molar-refractivity contribution in [1.82, 2.24) is 0 Å². The molecule has 1 heterocycles. The molecule has 0 bridgehead atoms. The molecule has 27 heavy (non-hydrogen) atoms. The lowest BCUT2D eigenvalue weighted by Gasteiger charge is -2.29. The number of halogens is 2. The van der Waals surface area contributed by atoms with Crippen LogP contribution in [0.3, 0.4) is 0 Å². The lowest BCUT2D eigenvalue weighted by molar-refractivity contribution is 0.435. The fourth-order valence-electron chi connectivity index (χ4n) is 4.93. The van der Waals surface area contributed by atoms with Gasteiger partial charge in [0.15, 0.2) is 0 Å². The highest BCUT2D eigenvalue weighted by Gasteiger charge is 2.42. The molecule has 5 rings (SSSR count). The number of fused-ring (bicyclic) bond motifs is 7. The van der Waals surface area contributed by atoms with Gasteiger partial charge in [0.1, 0.15) is 11.2 Å². The van der Waals surface area contributed by atoms with Crippen LogP contribution in [0.25, 0.3) is 33.1 Å². The van der Waals surface area contributed by atoms with Gasteiger partial charge in [-0.15, -0.1) is 0 Å². The molecule has 3 heteroatoms. The van der Waals surface area contributed by atoms with Crippen LogP contribution in [0.1, 0.15) is 38.3 Å². The van der Waals surface area contributed by atoms with E-state index in [-0.39, 0.29) is 5.41 Å². The Morgan fingerprint density at radius 2 is 1.85 bits per heavy atom. The van der Waals surface area contributed by atoms with E-state index in [2.05, 4.69) is 67.0 Å². The first kappa shape index (κ1) is 17.3. The van der Waals surface area contributed by atoms with Crippen LogP contribution in [0.4, 0.5) is 0 Å². The molecule has 0 fully saturated rings. The summed E-state index contributed by atoms with van der Waals surface area (Å²) in [6.07, 6.45) is 1.06. The van der Waals surface area contributed by atoms with Gasteiger partial charge in [-0.05, 0) is 53.3 Å². The summed E-state index contributed by atoms with van der Waals surface area (Å²) in [5.74, 6) is 0.568. The lowest BCUT2D eigenvalue weighted by Crippen LogP contribution is -2.23. The summed E-state index contributed by atoms with van der Waals surface area (Å²) in [5, 5.41) is 3.09. The summed E-state index contributed by atoms with van der Waals surface area (Å²) in [6.45, 7) is 6.90. The number of para-hydroxylation sites is 1. The molecule has 1 aromatic heterocycles. The number of rotatable bonds is 2. The molecule has 0 amide bonds. The van der Waals surface area contributed by atoms with Crippen molar-refractivity contribution in [1.29, 1.82) is 0 Å². The third-order valence-electron chi connectivity index (χ3n) is 5.86. The van der Waals surface area contributed by atoms with Crippen LogP contribution in [-0.4, -0.2) is 0 Å². The topological polar surface area (TPSA) is 13.1 Å². The van der Waals surface area contributed by atoms with E-state index >= 15 is 0 Å². The van der Waals surface area contributed by atoms with Gasteiger partial charge in [-0.2, -0.15) is 0 Å². The second kappa shape index (κ2) is 5.86. The van der Waals surface area contributed by atoms with Crippen molar-refractivity contribution >= 4 is 49.5 Å². The van der Waals surface area contributed by atoms with E-state index in [1.807, 2.05) is 18.2 Å². The molecule has 0 saturated carbocycles. The minimum absolute atomic E-state index is 0.0839. The minimum Gasteiger partial charge on any atom is -0.455 e. The van der Waals surface area contributed by atoms with Crippen LogP contribution in [0.2, 0.25) is 5.02 Å². The van der Waals surface area contributed by atoms with Crippen molar-refractivity contribution in [3.8, 4) is 11.1 Å². The fraction of sp³-hybridized carbons (Fsp3) is 0.250. The zero-order valence-corrected chi connectivity index (χ0v) is 17.9. The fourth-order valence-corrected chi connectivity index (χ4v) is 5.72. The third-order valence-corrected chi connectivity index (χ3v) is 6.72. The van der Waals surface area contributed by atoms with Gasteiger partial charge in [0, 0.05) is 31.2 Å². The first-order chi connectivity index (χ1) is 12.9. The highest BCUT2D eigenvalue weighted by molar-refractivity contribution is 9.10. The quantitative estimate of drug-likeness (QED) is 0.306. The van der Waals surface area contributed by atoms with Crippen LogP contribution >= 0.6 is 27.5 Å². The molecular weight excluding hydrogens is 420 g/mol. The predicted molar refractivity (Wildman–Crippen MR) is 118 cm³/mol. The molecule has 1 nitrogen and oxygen atoms in total. The highest BCUT2D eigenvalue weighted by atomic mass is 79.9. The maximum absolute atomic E-state index is 6.41. The molecule has 1 aliphatic carbocycles. The Bertz CT molecular complexity index is 1220. The van der Waals surface area contributed by atoms with Crippen molar-refractivity contribution in [3.63, 3.8) is 0 Å². The summed E-state index contributed by atoms with van der Waals surface area (Å²) < 4.78 is 7.49. The minimum atomic E-state index is -0.0839. The zero-order chi connectivity index (χ0) is 18.9. The second-order valence-corrected chi connectivity index (χ2v) is 9.49. The molecule has 136 valence electrons. The molecule has 3 aromatic carbocycles. The van der Waals surface area contributed by atoms with Gasteiger partial charge in [0.2, 0.25) is 0 Å². The average molecular weight is 440 g/mol. The van der Waals surface area contributed by atoms with Crippen molar-refractivity contribution in [2.45, 2.75) is 32.6 Å². The largest absolute Gasteiger partial charge is 0.455 e. The molecular formula is C24H20BrClO. The summed E-state index contributed by atoms with van der Waals surface area (Å²) >= 11 is 10.3. The molecule has 0 spiro atoms. The molecule has 0 saturated heterocycles. The smallest absolute Gasteiger partial charge is 0.144 e. The maximum atomic E-state index is 6.41. The number of furan rings is 1. The Morgan fingerprint density at radius 3 is 2.63 bits per heavy atom. The summed E-state index contributed by atoms with van der Waals surface area (Å²) in [7, 11) is 0. The SMILES string of the molecule is CC(C)CC1(C)c2cc(Cl)ccc2-c2c1cc(Br)c1c2oc2ccccc21. The number of benzene rings is 3. The molecule has 0 aliphatic heterocycles. The Labute approximate surface area is 172 Å². The van der Waals surface area contributed by atoms with Gasteiger partial charge in [-0.3, -0.25) is 0 Å². The van der Waals surface area contributed by atoms with Crippen LogP contribution < -0.4 is 0 Å². The van der Waals surface area contributed by atoms with Crippen molar-refractivity contribution in [3.05, 3.63) is 69.2 Å². The number of hydrogen-bond acceptors (Lipinski definition) is 1. The first-order valence-electron chi connectivity index (χ1n) is 9.35. The van der Waals surface area contributed by atoms with Gasteiger partial charge in [-0.25, -0.2) is 0 Å². The van der Waals surface area contributed by atoms with E-state index in [1.54, 1.807) is 0 Å². The van der Waals surface area contributed by atoms with Gasteiger partial charge in [-0.1, -0.05) is 72.6 Å². The van der Waals surface area contributed by atoms with Gasteiger partial charge < -0.3 is 4.42 Å². The van der Waals surface area contributed by atoms with E-state index < -0.39 is 0 Å². The second-order valence-electron chi connectivity index (χ2n) is 8.20. The van der Waals surface area contributed by atoms with E-state index in [0.717, 1.165) is 37.9 Å². The van der Waals surface area contributed by atoms with E-state index in [1.165, 1.54) is 22.3 Å². The van der Waals surface area contributed by atoms with E-state index in [4.69, 9.17) is 16.0 Å². The van der Waals surface area contributed by atoms with Gasteiger partial charge in [0.05, 0.1) is 0 Å². The van der Waals surface area contributed by atoms with Crippen molar-refractivity contribution in [2.24, 2.45) is 5.92 Å². The Hall–Kier alpha value is -1.77. The Morgan fingerprint density at radius 1 is 1.07 bits per heavy atom. The normalized spacial score (nSPS) is 18.4. The van der Waals surface area contributed by atoms with Crippen molar-refractivity contribution < 1.29 is 4.42 Å². The standard InChI is InChI=1S/C24H20BrClO/c1-13(2)12-24(3)17-10-14(26)8-9-15(17)21-18(24)11-19(25)22-16-6-4-5-7-20(16)27-23(21)22/h4-11,13H,12H2,1-3H3. The van der Waals surface area contributed by atoms with Gasteiger partial charge in [0.25, 0.3) is 0 Å². The van der Waals surface area contributed by atoms with Crippen molar-refractivity contribution in [2.75, 3.05) is 0 Å². The third kappa shape index (κ3) is 2.36. The first-order valence-corrected chi connectivity index (χ1v) is 10.5. The number of hydrogen-bond donors (Lipinski definition) is 0. The van der Waals surface area contributed by atoms with Gasteiger partial charge >= 0.3 is 0 Å². The van der Waals surface area contributed by atoms with Crippen LogP contribution in [0.5, 0.6) is 0 Å². The molecule has 1 unspecified atom stereocenters. The van der Waals surface area contributed by atoms with E-state index in [9.17, 15) is 0 Å². The van der Waals surface area contributed by atoms with Crippen LogP contribution in [0, 0.1) is 5.92 Å². The average Bonchev–Trinajstić information content (AvgIpc) is 3.10. The molecule has 1 aliphatic rings. The predicted octanol–water partition coefficient (Wildman–Crippen LogP) is 8.33.